The maximum atomic E-state index is 10.6. The maximum absolute atomic E-state index is 10.6. The van der Waals surface area contributed by atoms with E-state index in [0.29, 0.717) is 12.8 Å². The van der Waals surface area contributed by atoms with Crippen molar-refractivity contribution in [1.82, 2.24) is 0 Å². The number of rotatable bonds is 5. The van der Waals surface area contributed by atoms with Crippen LogP contribution in [0.3, 0.4) is 0 Å². The fourth-order valence-corrected chi connectivity index (χ4v) is 3.89. The van der Waals surface area contributed by atoms with Crippen LogP contribution in [0.2, 0.25) is 0 Å². The SMILES string of the molecule is C[C@@H]1O[C@@H](O[C@H]2[C@H](O[C@H]3CC[C@H](O)O[C@@H]3C)O[C@H](CO)[C@H](O)[C@@H]2O)[C@@H](O)[C@H](O)[C@@H]1O. The monoisotopic (exact) mass is 440 g/mol. The first kappa shape index (κ1) is 24.2. The summed E-state index contributed by atoms with van der Waals surface area (Å²) in [5, 5.41) is 69.9. The highest BCUT2D eigenvalue weighted by Crippen LogP contribution is 2.32. The van der Waals surface area contributed by atoms with Crippen molar-refractivity contribution >= 4 is 0 Å². The lowest BCUT2D eigenvalue weighted by Crippen LogP contribution is -2.64. The summed E-state index contributed by atoms with van der Waals surface area (Å²) >= 11 is 0. The van der Waals surface area contributed by atoms with Gasteiger partial charge in [-0.1, -0.05) is 0 Å². The Morgan fingerprint density at radius 2 is 1.40 bits per heavy atom. The molecule has 0 saturated carbocycles. The molecule has 30 heavy (non-hydrogen) atoms. The van der Waals surface area contributed by atoms with Crippen LogP contribution in [0.15, 0.2) is 0 Å². The van der Waals surface area contributed by atoms with Crippen molar-refractivity contribution in [3.05, 3.63) is 0 Å². The van der Waals surface area contributed by atoms with E-state index < -0.39 is 86.5 Å². The second kappa shape index (κ2) is 9.98. The first-order chi connectivity index (χ1) is 14.1. The molecule has 3 heterocycles. The highest BCUT2D eigenvalue weighted by atomic mass is 16.8. The van der Waals surface area contributed by atoms with Gasteiger partial charge in [0.1, 0.15) is 42.7 Å². The standard InChI is InChI=1S/C18H32O12/c1-6-8(3-4-10(20)26-6)28-18-16(14(24)12(22)9(5-19)29-18)30-17-15(25)13(23)11(21)7(2)27-17/h6-25H,3-5H2,1-2H3/t6-,7+,8+,9-,10-,11-,12+,13-,14+,15+,16-,17+,18-/m1/s1. The third-order valence-electron chi connectivity index (χ3n) is 5.83. The minimum Gasteiger partial charge on any atom is -0.394 e. The largest absolute Gasteiger partial charge is 0.394 e. The summed E-state index contributed by atoms with van der Waals surface area (Å²) in [6, 6.07) is 0. The highest BCUT2D eigenvalue weighted by molar-refractivity contribution is 4.93. The zero-order valence-electron chi connectivity index (χ0n) is 16.8. The van der Waals surface area contributed by atoms with Gasteiger partial charge in [-0.3, -0.25) is 0 Å². The van der Waals surface area contributed by atoms with Crippen molar-refractivity contribution in [1.29, 1.82) is 0 Å². The molecule has 7 N–H and O–H groups in total. The molecule has 0 unspecified atom stereocenters. The Morgan fingerprint density at radius 1 is 0.700 bits per heavy atom. The summed E-state index contributed by atoms with van der Waals surface area (Å²) in [6.45, 7) is 2.57. The zero-order valence-corrected chi connectivity index (χ0v) is 16.8. The summed E-state index contributed by atoms with van der Waals surface area (Å²) in [5.74, 6) is 0. The van der Waals surface area contributed by atoms with Crippen molar-refractivity contribution < 1.29 is 59.4 Å². The predicted octanol–water partition coefficient (Wildman–Crippen LogP) is -3.46. The third kappa shape index (κ3) is 4.95. The molecule has 176 valence electrons. The van der Waals surface area contributed by atoms with Crippen LogP contribution in [0.4, 0.5) is 0 Å². The second-order valence-corrected chi connectivity index (χ2v) is 8.04. The first-order valence-electron chi connectivity index (χ1n) is 10.1. The molecule has 3 rings (SSSR count). The molecule has 0 aliphatic carbocycles. The lowest BCUT2D eigenvalue weighted by Gasteiger charge is -2.47. The predicted molar refractivity (Wildman–Crippen MR) is 95.6 cm³/mol. The van der Waals surface area contributed by atoms with E-state index in [9.17, 15) is 35.7 Å². The van der Waals surface area contributed by atoms with E-state index in [-0.39, 0.29) is 0 Å². The minimum absolute atomic E-state index is 0.313. The van der Waals surface area contributed by atoms with Crippen molar-refractivity contribution in [2.24, 2.45) is 0 Å². The van der Waals surface area contributed by atoms with Crippen molar-refractivity contribution in [3.63, 3.8) is 0 Å². The third-order valence-corrected chi connectivity index (χ3v) is 5.83. The number of hydrogen-bond acceptors (Lipinski definition) is 12. The summed E-state index contributed by atoms with van der Waals surface area (Å²) in [5.41, 5.74) is 0. The molecule has 3 aliphatic heterocycles. The van der Waals surface area contributed by atoms with Crippen LogP contribution in [0.1, 0.15) is 26.7 Å². The normalized spacial score (nSPS) is 52.9. The van der Waals surface area contributed by atoms with E-state index in [0.717, 1.165) is 0 Å². The van der Waals surface area contributed by atoms with Crippen LogP contribution in [0.5, 0.6) is 0 Å². The smallest absolute Gasteiger partial charge is 0.187 e. The van der Waals surface area contributed by atoms with Gasteiger partial charge in [-0.2, -0.15) is 0 Å². The second-order valence-electron chi connectivity index (χ2n) is 8.04. The molecule has 0 radical (unpaired) electrons. The van der Waals surface area contributed by atoms with Crippen LogP contribution in [-0.4, -0.2) is 122 Å². The molecule has 0 aromatic carbocycles. The Hall–Kier alpha value is -0.480. The van der Waals surface area contributed by atoms with Gasteiger partial charge in [0, 0.05) is 6.42 Å². The molecule has 3 aliphatic rings. The van der Waals surface area contributed by atoms with E-state index in [1.807, 2.05) is 0 Å². The molecular weight excluding hydrogens is 408 g/mol. The molecule has 12 heteroatoms. The van der Waals surface area contributed by atoms with Gasteiger partial charge in [0.2, 0.25) is 0 Å². The molecule has 0 bridgehead atoms. The minimum atomic E-state index is -1.64. The van der Waals surface area contributed by atoms with Crippen molar-refractivity contribution in [2.75, 3.05) is 6.61 Å². The summed E-state index contributed by atoms with van der Waals surface area (Å²) < 4.78 is 27.9. The van der Waals surface area contributed by atoms with Gasteiger partial charge < -0.3 is 59.4 Å². The van der Waals surface area contributed by atoms with E-state index in [4.69, 9.17) is 23.7 Å². The van der Waals surface area contributed by atoms with E-state index >= 15 is 0 Å². The number of ether oxygens (including phenoxy) is 5. The van der Waals surface area contributed by atoms with Crippen LogP contribution in [0.25, 0.3) is 0 Å². The Balaban J connectivity index is 1.75. The number of aliphatic hydroxyl groups excluding tert-OH is 7. The van der Waals surface area contributed by atoms with E-state index in [1.54, 1.807) is 6.92 Å². The van der Waals surface area contributed by atoms with Gasteiger partial charge in [0.05, 0.1) is 24.9 Å². The number of hydrogen-bond donors (Lipinski definition) is 7. The van der Waals surface area contributed by atoms with Crippen LogP contribution in [-0.2, 0) is 23.7 Å². The van der Waals surface area contributed by atoms with Gasteiger partial charge in [-0.05, 0) is 20.3 Å². The summed E-state index contributed by atoms with van der Waals surface area (Å²) in [7, 11) is 0. The lowest BCUT2D eigenvalue weighted by molar-refractivity contribution is -0.375. The summed E-state index contributed by atoms with van der Waals surface area (Å²) in [4.78, 5) is 0. The molecule has 0 amide bonds. The molecule has 3 saturated heterocycles. The van der Waals surface area contributed by atoms with Crippen molar-refractivity contribution in [2.45, 2.75) is 107 Å². The molecule has 12 nitrogen and oxygen atoms in total. The van der Waals surface area contributed by atoms with Crippen LogP contribution in [0, 0.1) is 0 Å². The van der Waals surface area contributed by atoms with Gasteiger partial charge in [0.15, 0.2) is 18.9 Å². The zero-order chi connectivity index (χ0) is 22.2. The van der Waals surface area contributed by atoms with Crippen LogP contribution >= 0.6 is 0 Å². The van der Waals surface area contributed by atoms with Gasteiger partial charge >= 0.3 is 0 Å². The molecule has 3 fully saturated rings. The fourth-order valence-electron chi connectivity index (χ4n) is 3.89. The summed E-state index contributed by atoms with van der Waals surface area (Å²) in [6.07, 6.45) is -15.0. The van der Waals surface area contributed by atoms with Gasteiger partial charge in [0.25, 0.3) is 0 Å². The molecule has 13 atom stereocenters. The van der Waals surface area contributed by atoms with Crippen molar-refractivity contribution in [3.8, 4) is 0 Å². The Labute approximate surface area is 173 Å². The van der Waals surface area contributed by atoms with Gasteiger partial charge in [-0.25, -0.2) is 0 Å². The fraction of sp³-hybridized carbons (Fsp3) is 1.00. The molecular formula is C18H32O12. The first-order valence-corrected chi connectivity index (χ1v) is 10.1. The average Bonchev–Trinajstić information content (AvgIpc) is 2.71. The van der Waals surface area contributed by atoms with E-state index in [1.165, 1.54) is 6.92 Å². The topological polar surface area (TPSA) is 188 Å². The average molecular weight is 440 g/mol. The molecule has 0 spiro atoms. The quantitative estimate of drug-likeness (QED) is 0.224. The maximum Gasteiger partial charge on any atom is 0.187 e. The van der Waals surface area contributed by atoms with Crippen LogP contribution < -0.4 is 0 Å². The highest BCUT2D eigenvalue weighted by Gasteiger charge is 2.51. The molecule has 0 aromatic heterocycles. The lowest BCUT2D eigenvalue weighted by atomic mass is 9.97. The Morgan fingerprint density at radius 3 is 2.03 bits per heavy atom. The van der Waals surface area contributed by atoms with Gasteiger partial charge in [-0.15, -0.1) is 0 Å². The number of aliphatic hydroxyl groups is 7. The Bertz CT molecular complexity index is 551. The molecule has 0 aromatic rings. The Kier molecular flexibility index (Phi) is 8.04. The van der Waals surface area contributed by atoms with E-state index in [2.05, 4.69) is 0 Å².